The largest absolute Gasteiger partial charge is 0.486 e. The number of benzene rings is 2. The van der Waals surface area contributed by atoms with Crippen molar-refractivity contribution in [3.63, 3.8) is 0 Å². The lowest BCUT2D eigenvalue weighted by molar-refractivity contribution is 0.151. The number of fused-ring (bicyclic) bond motifs is 2. The van der Waals surface area contributed by atoms with E-state index in [1.54, 1.807) is 11.3 Å². The number of thiazole rings is 1. The molecule has 1 aliphatic rings. The van der Waals surface area contributed by atoms with Crippen LogP contribution in [0.3, 0.4) is 0 Å². The number of ether oxygens (including phenoxy) is 2. The van der Waals surface area contributed by atoms with Gasteiger partial charge in [0.15, 0.2) is 0 Å². The average Bonchev–Trinajstić information content (AvgIpc) is 2.95. The van der Waals surface area contributed by atoms with Crippen LogP contribution in [-0.2, 0) is 18.0 Å². The molecule has 0 bridgehead atoms. The molecule has 2 heterocycles. The molecule has 0 aliphatic carbocycles. The van der Waals surface area contributed by atoms with Crippen LogP contribution in [0.25, 0.3) is 10.2 Å². The minimum Gasteiger partial charge on any atom is -0.486 e. The number of carbonyl (C=O) groups excluding carboxylic acids is 1. The van der Waals surface area contributed by atoms with E-state index in [4.69, 9.17) is 9.47 Å². The fraction of sp³-hybridized carbons (Fsp3) is 0.125. The maximum absolute atomic E-state index is 11.1. The molecule has 4 rings (SSSR count). The smallest absolute Gasteiger partial charge is 0.411 e. The van der Waals surface area contributed by atoms with Crippen LogP contribution in [0, 0.1) is 0 Å². The van der Waals surface area contributed by atoms with Gasteiger partial charge in [0.2, 0.25) is 0 Å². The average molecular weight is 312 g/mol. The predicted octanol–water partition coefficient (Wildman–Crippen LogP) is 3.94. The second-order valence-electron chi connectivity index (χ2n) is 4.88. The summed E-state index contributed by atoms with van der Waals surface area (Å²) in [6, 6.07) is 13.6. The van der Waals surface area contributed by atoms with Crippen LogP contribution in [0.1, 0.15) is 10.6 Å². The molecule has 0 fully saturated rings. The van der Waals surface area contributed by atoms with Crippen molar-refractivity contribution in [3.05, 3.63) is 53.0 Å². The van der Waals surface area contributed by atoms with E-state index in [2.05, 4.69) is 16.4 Å². The Labute approximate surface area is 130 Å². The number of hydrogen-bond donors (Lipinski definition) is 1. The number of carbonyl (C=O) groups is 1. The van der Waals surface area contributed by atoms with E-state index >= 15 is 0 Å². The quantitative estimate of drug-likeness (QED) is 0.796. The fourth-order valence-corrected chi connectivity index (χ4v) is 3.20. The molecule has 0 unspecified atom stereocenters. The second-order valence-corrected chi connectivity index (χ2v) is 6.00. The van der Waals surface area contributed by atoms with E-state index in [-0.39, 0.29) is 6.61 Å². The number of aromatic nitrogens is 1. The van der Waals surface area contributed by atoms with Gasteiger partial charge in [-0.15, -0.1) is 11.3 Å². The SMILES string of the molecule is O=C1Nc2ccc(OCc3nc4ccccc4s3)cc2CO1. The zero-order valence-corrected chi connectivity index (χ0v) is 12.4. The molecule has 22 heavy (non-hydrogen) atoms. The van der Waals surface area contributed by atoms with Gasteiger partial charge in [0.05, 0.1) is 15.9 Å². The molecular weight excluding hydrogens is 300 g/mol. The van der Waals surface area contributed by atoms with E-state index in [0.717, 1.165) is 32.2 Å². The number of nitrogens with one attached hydrogen (secondary N) is 1. The Balaban J connectivity index is 1.50. The molecule has 1 amide bonds. The molecule has 6 heteroatoms. The molecular formula is C16H12N2O3S. The van der Waals surface area contributed by atoms with Crippen LogP contribution in [0.5, 0.6) is 5.75 Å². The topological polar surface area (TPSA) is 60.5 Å². The lowest BCUT2D eigenvalue weighted by Crippen LogP contribution is -2.20. The summed E-state index contributed by atoms with van der Waals surface area (Å²) >= 11 is 1.63. The van der Waals surface area contributed by atoms with Crippen molar-refractivity contribution in [2.24, 2.45) is 0 Å². The van der Waals surface area contributed by atoms with E-state index in [9.17, 15) is 4.79 Å². The van der Waals surface area contributed by atoms with Gasteiger partial charge in [0.25, 0.3) is 0 Å². The highest BCUT2D eigenvalue weighted by atomic mass is 32.1. The number of nitrogens with zero attached hydrogens (tertiary/aromatic N) is 1. The summed E-state index contributed by atoms with van der Waals surface area (Å²) in [6.45, 7) is 0.685. The van der Waals surface area contributed by atoms with Gasteiger partial charge >= 0.3 is 6.09 Å². The summed E-state index contributed by atoms with van der Waals surface area (Å²) in [5.41, 5.74) is 2.66. The van der Waals surface area contributed by atoms with Gasteiger partial charge in [-0.05, 0) is 30.3 Å². The number of cyclic esters (lactones) is 1. The zero-order chi connectivity index (χ0) is 14.9. The highest BCUT2D eigenvalue weighted by molar-refractivity contribution is 7.18. The molecule has 0 saturated carbocycles. The van der Waals surface area contributed by atoms with Crippen molar-refractivity contribution >= 4 is 33.3 Å². The molecule has 2 aromatic carbocycles. The maximum atomic E-state index is 11.1. The summed E-state index contributed by atoms with van der Waals surface area (Å²) in [6.07, 6.45) is -0.421. The molecule has 0 radical (unpaired) electrons. The second kappa shape index (κ2) is 5.31. The van der Waals surface area contributed by atoms with Crippen LogP contribution < -0.4 is 10.1 Å². The first-order valence-electron chi connectivity index (χ1n) is 6.82. The third-order valence-electron chi connectivity index (χ3n) is 3.37. The summed E-state index contributed by atoms with van der Waals surface area (Å²) in [5, 5.41) is 3.59. The van der Waals surface area contributed by atoms with Crippen molar-refractivity contribution in [3.8, 4) is 5.75 Å². The van der Waals surface area contributed by atoms with Crippen molar-refractivity contribution in [2.45, 2.75) is 13.2 Å². The van der Waals surface area contributed by atoms with Crippen molar-refractivity contribution in [1.82, 2.24) is 4.98 Å². The molecule has 0 saturated heterocycles. The summed E-state index contributed by atoms with van der Waals surface area (Å²) in [5.74, 6) is 0.734. The van der Waals surface area contributed by atoms with Crippen LogP contribution in [0.4, 0.5) is 10.5 Å². The minimum atomic E-state index is -0.421. The van der Waals surface area contributed by atoms with Gasteiger partial charge < -0.3 is 9.47 Å². The molecule has 1 aliphatic heterocycles. The molecule has 110 valence electrons. The molecule has 0 spiro atoms. The molecule has 1 N–H and O–H groups in total. The van der Waals surface area contributed by atoms with Gasteiger partial charge in [0.1, 0.15) is 24.0 Å². The van der Waals surface area contributed by atoms with Gasteiger partial charge in [0, 0.05) is 5.56 Å². The van der Waals surface area contributed by atoms with E-state index in [1.165, 1.54) is 0 Å². The van der Waals surface area contributed by atoms with E-state index < -0.39 is 6.09 Å². The Morgan fingerprint density at radius 2 is 2.18 bits per heavy atom. The van der Waals surface area contributed by atoms with Crippen LogP contribution in [0.2, 0.25) is 0 Å². The number of para-hydroxylation sites is 1. The van der Waals surface area contributed by atoms with Crippen LogP contribution in [0.15, 0.2) is 42.5 Å². The van der Waals surface area contributed by atoms with Crippen molar-refractivity contribution in [2.75, 3.05) is 5.32 Å². The summed E-state index contributed by atoms with van der Waals surface area (Å²) in [4.78, 5) is 15.7. The predicted molar refractivity (Wildman–Crippen MR) is 84.2 cm³/mol. The van der Waals surface area contributed by atoms with Crippen molar-refractivity contribution < 1.29 is 14.3 Å². The standard InChI is InChI=1S/C16H12N2O3S/c19-16-18-12-6-5-11(7-10(12)8-21-16)20-9-15-17-13-3-1-2-4-14(13)22-15/h1-7H,8-9H2,(H,18,19). The van der Waals surface area contributed by atoms with E-state index in [1.807, 2.05) is 36.4 Å². The monoisotopic (exact) mass is 312 g/mol. The minimum absolute atomic E-state index is 0.263. The Morgan fingerprint density at radius 1 is 1.27 bits per heavy atom. The van der Waals surface area contributed by atoms with Crippen LogP contribution >= 0.6 is 11.3 Å². The number of hydrogen-bond acceptors (Lipinski definition) is 5. The van der Waals surface area contributed by atoms with Crippen molar-refractivity contribution in [1.29, 1.82) is 0 Å². The molecule has 3 aromatic rings. The first kappa shape index (κ1) is 13.1. The third kappa shape index (κ3) is 2.48. The van der Waals surface area contributed by atoms with Gasteiger partial charge in [-0.2, -0.15) is 0 Å². The zero-order valence-electron chi connectivity index (χ0n) is 11.5. The normalized spacial score (nSPS) is 13.4. The summed E-state index contributed by atoms with van der Waals surface area (Å²) in [7, 11) is 0. The molecule has 1 aromatic heterocycles. The fourth-order valence-electron chi connectivity index (χ4n) is 2.32. The third-order valence-corrected chi connectivity index (χ3v) is 4.38. The maximum Gasteiger partial charge on any atom is 0.411 e. The molecule has 5 nitrogen and oxygen atoms in total. The highest BCUT2D eigenvalue weighted by Crippen LogP contribution is 2.27. The van der Waals surface area contributed by atoms with Gasteiger partial charge in [-0.3, -0.25) is 5.32 Å². The Morgan fingerprint density at radius 3 is 3.09 bits per heavy atom. The molecule has 0 atom stereocenters. The highest BCUT2D eigenvalue weighted by Gasteiger charge is 2.16. The van der Waals surface area contributed by atoms with Gasteiger partial charge in [-0.25, -0.2) is 9.78 Å². The lowest BCUT2D eigenvalue weighted by atomic mass is 10.1. The van der Waals surface area contributed by atoms with Crippen LogP contribution in [-0.4, -0.2) is 11.1 Å². The number of rotatable bonds is 3. The number of amides is 1. The number of anilines is 1. The summed E-state index contributed by atoms with van der Waals surface area (Å²) < 4.78 is 11.9. The Kier molecular flexibility index (Phi) is 3.16. The van der Waals surface area contributed by atoms with E-state index in [0.29, 0.717) is 6.61 Å². The Bertz CT molecular complexity index is 826. The lowest BCUT2D eigenvalue weighted by Gasteiger charge is -2.18. The first-order chi connectivity index (χ1) is 10.8. The first-order valence-corrected chi connectivity index (χ1v) is 7.63. The Hall–Kier alpha value is -2.60. The van der Waals surface area contributed by atoms with Gasteiger partial charge in [-0.1, -0.05) is 12.1 Å².